The highest BCUT2D eigenvalue weighted by Crippen LogP contribution is 2.26. The number of hydrogen-bond donors (Lipinski definition) is 1. The first-order valence-electron chi connectivity index (χ1n) is 3.86. The van der Waals surface area contributed by atoms with E-state index in [0.29, 0.717) is 11.4 Å². The number of aryl methyl sites for hydroxylation is 2. The smallest absolute Gasteiger partial charge is 0.314 e. The summed E-state index contributed by atoms with van der Waals surface area (Å²) in [5.74, 6) is 0.322. The molecule has 0 bridgehead atoms. The SMILES string of the molecule is CNc1nc(C)cc(C)c1[N+](=O)[O-]. The second-order valence-corrected chi connectivity index (χ2v) is 2.78. The molecule has 0 amide bonds. The van der Waals surface area contributed by atoms with E-state index in [4.69, 9.17) is 0 Å². The molecule has 1 aromatic rings. The molecule has 13 heavy (non-hydrogen) atoms. The van der Waals surface area contributed by atoms with Crippen molar-refractivity contribution >= 4 is 11.5 Å². The molecule has 0 fully saturated rings. The highest BCUT2D eigenvalue weighted by molar-refractivity contribution is 5.60. The zero-order chi connectivity index (χ0) is 10.0. The summed E-state index contributed by atoms with van der Waals surface area (Å²) in [5.41, 5.74) is 1.45. The fourth-order valence-corrected chi connectivity index (χ4v) is 1.23. The van der Waals surface area contributed by atoms with Gasteiger partial charge in [0.05, 0.1) is 4.92 Å². The van der Waals surface area contributed by atoms with Crippen molar-refractivity contribution in [2.45, 2.75) is 13.8 Å². The second-order valence-electron chi connectivity index (χ2n) is 2.78. The van der Waals surface area contributed by atoms with Crippen molar-refractivity contribution in [2.24, 2.45) is 0 Å². The van der Waals surface area contributed by atoms with E-state index >= 15 is 0 Å². The summed E-state index contributed by atoms with van der Waals surface area (Å²) >= 11 is 0. The van der Waals surface area contributed by atoms with Crippen LogP contribution < -0.4 is 5.32 Å². The van der Waals surface area contributed by atoms with Gasteiger partial charge >= 0.3 is 5.69 Å². The minimum absolute atomic E-state index is 0.0492. The summed E-state index contributed by atoms with van der Waals surface area (Å²) in [7, 11) is 1.62. The Balaban J connectivity index is 3.38. The van der Waals surface area contributed by atoms with Crippen LogP contribution in [0.3, 0.4) is 0 Å². The Hall–Kier alpha value is -1.65. The first-order valence-corrected chi connectivity index (χ1v) is 3.86. The molecule has 0 aliphatic carbocycles. The van der Waals surface area contributed by atoms with Crippen LogP contribution in [0.2, 0.25) is 0 Å². The second kappa shape index (κ2) is 3.38. The van der Waals surface area contributed by atoms with Crippen LogP contribution in [-0.2, 0) is 0 Å². The number of aromatic nitrogens is 1. The number of pyridine rings is 1. The van der Waals surface area contributed by atoms with Gasteiger partial charge in [0.25, 0.3) is 0 Å². The van der Waals surface area contributed by atoms with Crippen molar-refractivity contribution < 1.29 is 4.92 Å². The number of nitrogens with zero attached hydrogens (tertiary/aromatic N) is 2. The molecule has 5 heteroatoms. The summed E-state index contributed by atoms with van der Waals surface area (Å²) in [6, 6.07) is 1.69. The lowest BCUT2D eigenvalue weighted by Crippen LogP contribution is -2.02. The highest BCUT2D eigenvalue weighted by Gasteiger charge is 2.17. The maximum Gasteiger partial charge on any atom is 0.314 e. The van der Waals surface area contributed by atoms with E-state index < -0.39 is 4.92 Å². The number of anilines is 1. The van der Waals surface area contributed by atoms with Crippen molar-refractivity contribution in [3.63, 3.8) is 0 Å². The summed E-state index contributed by atoms with van der Waals surface area (Å²) in [6.07, 6.45) is 0. The van der Waals surface area contributed by atoms with E-state index in [0.717, 1.165) is 5.69 Å². The molecule has 0 saturated heterocycles. The minimum Gasteiger partial charge on any atom is -0.367 e. The molecule has 0 atom stereocenters. The van der Waals surface area contributed by atoms with Crippen molar-refractivity contribution in [2.75, 3.05) is 12.4 Å². The van der Waals surface area contributed by atoms with Gasteiger partial charge in [-0.1, -0.05) is 0 Å². The molecular formula is C8H11N3O2. The van der Waals surface area contributed by atoms with Crippen LogP contribution in [0.15, 0.2) is 6.07 Å². The molecule has 0 radical (unpaired) electrons. The summed E-state index contributed by atoms with van der Waals surface area (Å²) < 4.78 is 0. The van der Waals surface area contributed by atoms with Gasteiger partial charge in [0.1, 0.15) is 0 Å². The molecule has 1 heterocycles. The predicted molar refractivity (Wildman–Crippen MR) is 49.9 cm³/mol. The van der Waals surface area contributed by atoms with Crippen LogP contribution in [0.5, 0.6) is 0 Å². The third-order valence-electron chi connectivity index (χ3n) is 1.73. The molecule has 0 aliphatic heterocycles. The van der Waals surface area contributed by atoms with Crippen LogP contribution in [0, 0.1) is 24.0 Å². The van der Waals surface area contributed by atoms with Gasteiger partial charge in [-0.3, -0.25) is 10.1 Å². The molecule has 1 aromatic heterocycles. The van der Waals surface area contributed by atoms with Crippen LogP contribution in [0.4, 0.5) is 11.5 Å². The van der Waals surface area contributed by atoms with E-state index in [1.165, 1.54) is 0 Å². The zero-order valence-electron chi connectivity index (χ0n) is 7.79. The van der Waals surface area contributed by atoms with Crippen LogP contribution in [0.25, 0.3) is 0 Å². The van der Waals surface area contributed by atoms with Crippen molar-refractivity contribution in [1.82, 2.24) is 4.98 Å². The quantitative estimate of drug-likeness (QED) is 0.556. The lowest BCUT2D eigenvalue weighted by Gasteiger charge is -2.04. The lowest BCUT2D eigenvalue weighted by molar-refractivity contribution is -0.384. The third-order valence-corrected chi connectivity index (χ3v) is 1.73. The number of nitrogens with one attached hydrogen (secondary N) is 1. The van der Waals surface area contributed by atoms with Gasteiger partial charge in [-0.05, 0) is 19.9 Å². The molecular weight excluding hydrogens is 170 g/mol. The van der Waals surface area contributed by atoms with Gasteiger partial charge in [-0.15, -0.1) is 0 Å². The van der Waals surface area contributed by atoms with E-state index in [2.05, 4.69) is 10.3 Å². The molecule has 70 valence electrons. The Morgan fingerprint density at radius 2 is 2.15 bits per heavy atom. The topological polar surface area (TPSA) is 68.1 Å². The molecule has 0 spiro atoms. The van der Waals surface area contributed by atoms with E-state index in [9.17, 15) is 10.1 Å². The van der Waals surface area contributed by atoms with Crippen LogP contribution in [-0.4, -0.2) is 17.0 Å². The largest absolute Gasteiger partial charge is 0.367 e. The van der Waals surface area contributed by atoms with Crippen molar-refractivity contribution in [1.29, 1.82) is 0 Å². The molecule has 0 aliphatic rings. The molecule has 5 nitrogen and oxygen atoms in total. The average molecular weight is 181 g/mol. The van der Waals surface area contributed by atoms with Crippen molar-refractivity contribution in [3.8, 4) is 0 Å². The number of rotatable bonds is 2. The average Bonchev–Trinajstić information content (AvgIpc) is 2.01. The Morgan fingerprint density at radius 1 is 1.54 bits per heavy atom. The number of hydrogen-bond acceptors (Lipinski definition) is 4. The first-order chi connectivity index (χ1) is 6.06. The lowest BCUT2D eigenvalue weighted by atomic mass is 10.2. The Labute approximate surface area is 75.9 Å². The van der Waals surface area contributed by atoms with Gasteiger partial charge in [0.15, 0.2) is 0 Å². The summed E-state index contributed by atoms with van der Waals surface area (Å²) in [4.78, 5) is 14.2. The van der Waals surface area contributed by atoms with E-state index in [1.807, 2.05) is 0 Å². The molecule has 0 unspecified atom stereocenters. The summed E-state index contributed by atoms with van der Waals surface area (Å²) in [5, 5.41) is 13.3. The van der Waals surface area contributed by atoms with Gasteiger partial charge in [-0.2, -0.15) is 0 Å². The Kier molecular flexibility index (Phi) is 2.46. The first kappa shape index (κ1) is 9.44. The monoisotopic (exact) mass is 181 g/mol. The van der Waals surface area contributed by atoms with E-state index in [1.54, 1.807) is 27.0 Å². The van der Waals surface area contributed by atoms with Gasteiger partial charge in [0.2, 0.25) is 5.82 Å². The predicted octanol–water partition coefficient (Wildman–Crippen LogP) is 1.65. The van der Waals surface area contributed by atoms with Gasteiger partial charge in [0, 0.05) is 18.3 Å². The van der Waals surface area contributed by atoms with Gasteiger partial charge in [-0.25, -0.2) is 4.98 Å². The fraction of sp³-hybridized carbons (Fsp3) is 0.375. The minimum atomic E-state index is -0.423. The van der Waals surface area contributed by atoms with Crippen molar-refractivity contribution in [3.05, 3.63) is 27.4 Å². The normalized spacial score (nSPS) is 9.77. The highest BCUT2D eigenvalue weighted by atomic mass is 16.6. The van der Waals surface area contributed by atoms with Crippen LogP contribution in [0.1, 0.15) is 11.3 Å². The molecule has 0 aromatic carbocycles. The Morgan fingerprint density at radius 3 is 2.62 bits per heavy atom. The number of nitro groups is 1. The van der Waals surface area contributed by atoms with E-state index in [-0.39, 0.29) is 5.69 Å². The molecule has 1 N–H and O–H groups in total. The van der Waals surface area contributed by atoms with Gasteiger partial charge < -0.3 is 5.32 Å². The molecule has 0 saturated carbocycles. The van der Waals surface area contributed by atoms with Crippen LogP contribution >= 0.6 is 0 Å². The maximum absolute atomic E-state index is 10.6. The fourth-order valence-electron chi connectivity index (χ4n) is 1.23. The third kappa shape index (κ3) is 1.74. The maximum atomic E-state index is 10.6. The zero-order valence-corrected chi connectivity index (χ0v) is 7.79. The standard InChI is InChI=1S/C8H11N3O2/c1-5-4-6(2)10-8(9-3)7(5)11(12)13/h4H,1-3H3,(H,9,10). The Bertz CT molecular complexity index is 349. The molecule has 1 rings (SSSR count). The summed E-state index contributed by atoms with van der Waals surface area (Å²) in [6.45, 7) is 3.51.